The Morgan fingerprint density at radius 1 is 1.10 bits per heavy atom. The predicted molar refractivity (Wildman–Crippen MR) is 155 cm³/mol. The zero-order valence-electron chi connectivity index (χ0n) is 23.6. The molecule has 1 amide bonds. The Morgan fingerprint density at radius 3 is 2.62 bits per heavy atom. The second-order valence-electron chi connectivity index (χ2n) is 13.2. The van der Waals surface area contributed by atoms with Gasteiger partial charge in [-0.05, 0) is 92.9 Å². The van der Waals surface area contributed by atoms with Gasteiger partial charge in [0.15, 0.2) is 5.65 Å². The molecule has 8 rings (SSSR count). The molecule has 1 spiro atoms. The Labute approximate surface area is 233 Å². The number of amides is 1. The van der Waals surface area contributed by atoms with Gasteiger partial charge in [0.05, 0.1) is 11.1 Å². The van der Waals surface area contributed by atoms with Crippen molar-refractivity contribution < 1.29 is 4.79 Å². The molecule has 4 aromatic rings. The van der Waals surface area contributed by atoms with Crippen LogP contribution in [0.3, 0.4) is 0 Å². The van der Waals surface area contributed by atoms with E-state index in [1.165, 1.54) is 63.1 Å². The highest BCUT2D eigenvalue weighted by Crippen LogP contribution is 2.57. The van der Waals surface area contributed by atoms with Gasteiger partial charge in [-0.25, -0.2) is 9.50 Å². The summed E-state index contributed by atoms with van der Waals surface area (Å²) in [6.45, 7) is 13.5. The monoisotopic (exact) mass is 542 g/mol. The molecule has 2 saturated heterocycles. The molecular formula is C31H38N6OS. The van der Waals surface area contributed by atoms with Crippen LogP contribution in [0.15, 0.2) is 12.5 Å². The minimum Gasteiger partial charge on any atom is -0.356 e. The lowest BCUT2D eigenvalue weighted by atomic mass is 9.63. The van der Waals surface area contributed by atoms with Gasteiger partial charge in [0, 0.05) is 47.2 Å². The van der Waals surface area contributed by atoms with Crippen molar-refractivity contribution in [2.45, 2.75) is 90.6 Å². The molecule has 204 valence electrons. The lowest BCUT2D eigenvalue weighted by Crippen LogP contribution is -2.56. The van der Waals surface area contributed by atoms with Gasteiger partial charge in [0.2, 0.25) is 5.91 Å². The van der Waals surface area contributed by atoms with E-state index in [0.717, 1.165) is 37.4 Å². The summed E-state index contributed by atoms with van der Waals surface area (Å²) in [5, 5.41) is 8.98. The van der Waals surface area contributed by atoms with Crippen molar-refractivity contribution >= 4 is 33.1 Å². The maximum Gasteiger partial charge on any atom is 0.226 e. The van der Waals surface area contributed by atoms with Crippen molar-refractivity contribution in [2.75, 3.05) is 13.1 Å². The average Bonchev–Trinajstić information content (AvgIpc) is 3.70. The molecule has 2 saturated carbocycles. The van der Waals surface area contributed by atoms with E-state index in [1.807, 2.05) is 15.9 Å². The van der Waals surface area contributed by atoms with Crippen molar-refractivity contribution in [1.29, 1.82) is 0 Å². The molecule has 4 aliphatic rings. The molecular weight excluding hydrogens is 504 g/mol. The number of H-pyrrole nitrogens is 1. The highest BCUT2D eigenvalue weighted by Gasteiger charge is 2.57. The highest BCUT2D eigenvalue weighted by atomic mass is 32.1. The van der Waals surface area contributed by atoms with Crippen LogP contribution in [0.5, 0.6) is 0 Å². The van der Waals surface area contributed by atoms with Crippen LogP contribution in [-0.4, -0.2) is 55.6 Å². The van der Waals surface area contributed by atoms with Gasteiger partial charge >= 0.3 is 0 Å². The second kappa shape index (κ2) is 8.16. The number of fused-ring (bicyclic) bond motifs is 4. The third-order valence-electron chi connectivity index (χ3n) is 10.9. The van der Waals surface area contributed by atoms with Gasteiger partial charge in [-0.3, -0.25) is 9.69 Å². The molecule has 2 unspecified atom stereocenters. The number of piperidine rings is 1. The molecule has 0 aromatic carbocycles. The van der Waals surface area contributed by atoms with E-state index in [4.69, 9.17) is 0 Å². The lowest BCUT2D eigenvalue weighted by molar-refractivity contribution is -0.136. The number of hydrogen-bond acceptors (Lipinski definition) is 5. The highest BCUT2D eigenvalue weighted by molar-refractivity contribution is 7.19. The molecule has 39 heavy (non-hydrogen) atoms. The van der Waals surface area contributed by atoms with Crippen molar-refractivity contribution in [3.05, 3.63) is 39.7 Å². The quantitative estimate of drug-likeness (QED) is 0.340. The largest absolute Gasteiger partial charge is 0.356 e. The molecule has 2 bridgehead atoms. The molecule has 2 aliphatic carbocycles. The number of hydrogen-bond donors (Lipinski definition) is 2. The molecule has 6 heterocycles. The maximum absolute atomic E-state index is 12.4. The second-order valence-corrected chi connectivity index (χ2v) is 14.3. The van der Waals surface area contributed by atoms with Crippen LogP contribution in [-0.2, 0) is 4.79 Å². The summed E-state index contributed by atoms with van der Waals surface area (Å²) in [6.07, 6.45) is 9.58. The minimum absolute atomic E-state index is 0.0324. The first-order chi connectivity index (χ1) is 18.8. The summed E-state index contributed by atoms with van der Waals surface area (Å²) < 4.78 is 1.92. The maximum atomic E-state index is 12.4. The Bertz CT molecular complexity index is 1650. The summed E-state index contributed by atoms with van der Waals surface area (Å²) in [5.74, 6) is 2.14. The van der Waals surface area contributed by atoms with Crippen molar-refractivity contribution in [1.82, 2.24) is 29.8 Å². The fourth-order valence-electron chi connectivity index (χ4n) is 8.79. The fraction of sp³-hybridized carbons (Fsp3) is 0.581. The Morgan fingerprint density at radius 2 is 1.92 bits per heavy atom. The molecule has 8 heteroatoms. The number of rotatable bonds is 4. The van der Waals surface area contributed by atoms with E-state index >= 15 is 0 Å². The molecule has 3 atom stereocenters. The van der Waals surface area contributed by atoms with Gasteiger partial charge in [0.25, 0.3) is 0 Å². The fourth-order valence-corrected chi connectivity index (χ4v) is 10.2. The number of nitrogens with one attached hydrogen (secondary N) is 2. The van der Waals surface area contributed by atoms with Gasteiger partial charge in [-0.15, -0.1) is 11.3 Å². The van der Waals surface area contributed by atoms with Crippen LogP contribution in [0.4, 0.5) is 0 Å². The zero-order valence-corrected chi connectivity index (χ0v) is 24.4. The van der Waals surface area contributed by atoms with E-state index in [2.05, 4.69) is 66.1 Å². The topological polar surface area (TPSA) is 78.3 Å². The van der Waals surface area contributed by atoms with Crippen LogP contribution in [0, 0.1) is 32.1 Å². The summed E-state index contributed by atoms with van der Waals surface area (Å²) in [6, 6.07) is 1.31. The van der Waals surface area contributed by atoms with Crippen LogP contribution in [0.2, 0.25) is 0 Å². The number of aromatic nitrogens is 4. The van der Waals surface area contributed by atoms with Crippen LogP contribution in [0.25, 0.3) is 27.1 Å². The van der Waals surface area contributed by atoms with Crippen molar-refractivity contribution in [3.8, 4) is 11.3 Å². The Hall–Kier alpha value is -2.71. The summed E-state index contributed by atoms with van der Waals surface area (Å²) >= 11 is 2.01. The van der Waals surface area contributed by atoms with Gasteiger partial charge in [0.1, 0.15) is 11.2 Å². The minimum atomic E-state index is -0.0324. The SMILES string of the molecule is Cc1c(-c2[nH]c3sc([C@@H]4CC5CC4CN5[C@H]4C[C@@]5(CCNC5=O)C4)c(C)c3c2C(C)C)cn2ncnc2c1C. The lowest BCUT2D eigenvalue weighted by Gasteiger charge is -2.50. The predicted octanol–water partition coefficient (Wildman–Crippen LogP) is 5.83. The van der Waals surface area contributed by atoms with E-state index in [0.29, 0.717) is 29.8 Å². The number of carbonyl (C=O) groups excluding carboxylic acids is 1. The van der Waals surface area contributed by atoms with Crippen LogP contribution in [0.1, 0.15) is 84.9 Å². The molecule has 4 aromatic heterocycles. The van der Waals surface area contributed by atoms with Gasteiger partial charge in [-0.2, -0.15) is 5.10 Å². The van der Waals surface area contributed by atoms with E-state index in [-0.39, 0.29) is 5.41 Å². The first-order valence-electron chi connectivity index (χ1n) is 14.7. The summed E-state index contributed by atoms with van der Waals surface area (Å²) in [4.78, 5) is 26.4. The van der Waals surface area contributed by atoms with Crippen LogP contribution < -0.4 is 5.32 Å². The number of thiophene rings is 1. The third kappa shape index (κ3) is 3.22. The third-order valence-corrected chi connectivity index (χ3v) is 12.3. The normalized spacial score (nSPS) is 30.5. The number of nitrogens with zero attached hydrogens (tertiary/aromatic N) is 4. The van der Waals surface area contributed by atoms with E-state index in [1.54, 1.807) is 11.2 Å². The van der Waals surface area contributed by atoms with Gasteiger partial charge < -0.3 is 10.3 Å². The number of carbonyl (C=O) groups is 1. The Kier molecular flexibility index (Phi) is 5.05. The zero-order chi connectivity index (χ0) is 26.8. The summed E-state index contributed by atoms with van der Waals surface area (Å²) in [7, 11) is 0. The molecule has 7 nitrogen and oxygen atoms in total. The molecule has 0 radical (unpaired) electrons. The molecule has 2 N–H and O–H groups in total. The number of likely N-dealkylation sites (tertiary alicyclic amines) is 1. The van der Waals surface area contributed by atoms with E-state index in [9.17, 15) is 4.79 Å². The first-order valence-corrected chi connectivity index (χ1v) is 15.6. The number of pyridine rings is 1. The first kappa shape index (κ1) is 24.1. The number of aromatic amines is 1. The Balaban J connectivity index is 1.10. The molecule has 2 aliphatic heterocycles. The van der Waals surface area contributed by atoms with Gasteiger partial charge in [-0.1, -0.05) is 13.8 Å². The average molecular weight is 543 g/mol. The smallest absolute Gasteiger partial charge is 0.226 e. The summed E-state index contributed by atoms with van der Waals surface area (Å²) in [5.41, 5.74) is 8.75. The standard InChI is InChI=1S/C31H38N6OS/c1-15(2)24-25-18(5)27(39-29(25)35-26(24)23-13-37-28(33-14-34-37)17(4)16(23)3)22-9-20-8-19(22)12-36(20)21-10-31(11-21)6-7-32-30(31)38/h13-15,19-22,35H,6-12H2,1-5H3,(H,32,38)/t19?,20?,21-,22-,31-/m1/s1. The van der Waals surface area contributed by atoms with E-state index < -0.39 is 0 Å². The van der Waals surface area contributed by atoms with Crippen molar-refractivity contribution in [2.24, 2.45) is 11.3 Å². The van der Waals surface area contributed by atoms with Crippen molar-refractivity contribution in [3.63, 3.8) is 0 Å². The van der Waals surface area contributed by atoms with Crippen LogP contribution >= 0.6 is 11.3 Å². The number of aryl methyl sites for hydroxylation is 2. The molecule has 4 fully saturated rings.